The highest BCUT2D eigenvalue weighted by molar-refractivity contribution is 5.88. The Kier molecular flexibility index (Phi) is 3.11. The van der Waals surface area contributed by atoms with Crippen LogP contribution in [0.2, 0.25) is 0 Å². The number of hydrogen-bond acceptors (Lipinski definition) is 2. The number of nitrogens with two attached hydrogens (primary N) is 1. The molecule has 0 aromatic carbocycles. The van der Waals surface area contributed by atoms with Crippen LogP contribution in [0.4, 0.5) is 0 Å². The number of carbonyl (C=O) groups is 1. The largest absolute Gasteiger partial charge is 0.402 e. The molecule has 3 nitrogen and oxygen atoms in total. The number of hydrogen-bond donors (Lipinski definition) is 2. The SMILES string of the molecule is C/C(N)=C/C(=O)NC(C)(C)C. The maximum atomic E-state index is 11.0. The summed E-state index contributed by atoms with van der Waals surface area (Å²) < 4.78 is 0. The summed E-state index contributed by atoms with van der Waals surface area (Å²) in [6.07, 6.45) is 1.38. The monoisotopic (exact) mass is 156 g/mol. The van der Waals surface area contributed by atoms with Crippen LogP contribution in [-0.2, 0) is 4.79 Å². The van der Waals surface area contributed by atoms with Gasteiger partial charge in [-0.2, -0.15) is 0 Å². The molecule has 0 aliphatic heterocycles. The molecule has 64 valence electrons. The van der Waals surface area contributed by atoms with Crippen molar-refractivity contribution in [2.75, 3.05) is 0 Å². The fourth-order valence-electron chi connectivity index (χ4n) is 0.612. The van der Waals surface area contributed by atoms with Crippen molar-refractivity contribution >= 4 is 5.91 Å². The van der Waals surface area contributed by atoms with Crippen LogP contribution < -0.4 is 11.1 Å². The van der Waals surface area contributed by atoms with E-state index in [1.807, 2.05) is 20.8 Å². The molecule has 1 amide bonds. The van der Waals surface area contributed by atoms with E-state index in [1.54, 1.807) is 6.92 Å². The van der Waals surface area contributed by atoms with Crippen molar-refractivity contribution in [3.8, 4) is 0 Å². The Morgan fingerprint density at radius 2 is 1.91 bits per heavy atom. The highest BCUT2D eigenvalue weighted by atomic mass is 16.1. The standard InChI is InChI=1S/C8H16N2O/c1-6(9)5-7(11)10-8(2,3)4/h5H,9H2,1-4H3,(H,10,11)/b6-5-. The molecule has 0 radical (unpaired) electrons. The molecule has 0 aliphatic rings. The summed E-state index contributed by atoms with van der Waals surface area (Å²) >= 11 is 0. The summed E-state index contributed by atoms with van der Waals surface area (Å²) in [5.41, 5.74) is 5.64. The van der Waals surface area contributed by atoms with Crippen LogP contribution >= 0.6 is 0 Å². The van der Waals surface area contributed by atoms with E-state index < -0.39 is 0 Å². The quantitative estimate of drug-likeness (QED) is 0.551. The zero-order chi connectivity index (χ0) is 9.07. The van der Waals surface area contributed by atoms with Crippen LogP contribution in [0.3, 0.4) is 0 Å². The molecule has 3 heteroatoms. The van der Waals surface area contributed by atoms with Crippen molar-refractivity contribution in [1.82, 2.24) is 5.32 Å². The van der Waals surface area contributed by atoms with Gasteiger partial charge in [-0.15, -0.1) is 0 Å². The van der Waals surface area contributed by atoms with E-state index in [0.717, 1.165) is 0 Å². The van der Waals surface area contributed by atoms with Crippen LogP contribution in [0.25, 0.3) is 0 Å². The fourth-order valence-corrected chi connectivity index (χ4v) is 0.612. The second kappa shape index (κ2) is 3.42. The van der Waals surface area contributed by atoms with Gasteiger partial charge in [0.1, 0.15) is 0 Å². The van der Waals surface area contributed by atoms with Crippen LogP contribution in [0.5, 0.6) is 0 Å². The summed E-state index contributed by atoms with van der Waals surface area (Å²) in [6.45, 7) is 7.45. The van der Waals surface area contributed by atoms with Gasteiger partial charge in [0, 0.05) is 17.3 Å². The van der Waals surface area contributed by atoms with Gasteiger partial charge in [0.25, 0.3) is 0 Å². The van der Waals surface area contributed by atoms with Crippen molar-refractivity contribution in [1.29, 1.82) is 0 Å². The number of allylic oxidation sites excluding steroid dienone is 1. The van der Waals surface area contributed by atoms with Gasteiger partial charge in [0.05, 0.1) is 0 Å². The Bertz CT molecular complexity index is 173. The van der Waals surface area contributed by atoms with E-state index in [-0.39, 0.29) is 11.4 Å². The smallest absolute Gasteiger partial charge is 0.246 e. The van der Waals surface area contributed by atoms with Gasteiger partial charge in [-0.25, -0.2) is 0 Å². The molecule has 3 N–H and O–H groups in total. The summed E-state index contributed by atoms with van der Waals surface area (Å²) in [6, 6.07) is 0. The minimum Gasteiger partial charge on any atom is -0.402 e. The molecule has 0 rings (SSSR count). The molecular formula is C8H16N2O. The first kappa shape index (κ1) is 10.0. The molecule has 0 saturated heterocycles. The van der Waals surface area contributed by atoms with E-state index in [9.17, 15) is 4.79 Å². The lowest BCUT2D eigenvalue weighted by molar-refractivity contribution is -0.117. The van der Waals surface area contributed by atoms with Crippen molar-refractivity contribution in [2.24, 2.45) is 5.73 Å². The lowest BCUT2D eigenvalue weighted by Crippen LogP contribution is -2.39. The van der Waals surface area contributed by atoms with Crippen LogP contribution in [0, 0.1) is 0 Å². The number of carbonyl (C=O) groups excluding carboxylic acids is 1. The van der Waals surface area contributed by atoms with Gasteiger partial charge >= 0.3 is 0 Å². The minimum absolute atomic E-state index is 0.141. The predicted octanol–water partition coefficient (Wildman–Crippen LogP) is 0.764. The van der Waals surface area contributed by atoms with E-state index in [4.69, 9.17) is 5.73 Å². The van der Waals surface area contributed by atoms with E-state index in [0.29, 0.717) is 5.70 Å². The lowest BCUT2D eigenvalue weighted by atomic mass is 10.1. The summed E-state index contributed by atoms with van der Waals surface area (Å²) in [7, 11) is 0. The fraction of sp³-hybridized carbons (Fsp3) is 0.625. The molecule has 0 aromatic heterocycles. The van der Waals surface area contributed by atoms with Crippen LogP contribution in [-0.4, -0.2) is 11.4 Å². The Morgan fingerprint density at radius 1 is 1.45 bits per heavy atom. The molecular weight excluding hydrogens is 140 g/mol. The molecule has 0 saturated carbocycles. The molecule has 11 heavy (non-hydrogen) atoms. The first-order valence-electron chi connectivity index (χ1n) is 3.57. The maximum Gasteiger partial charge on any atom is 0.246 e. The zero-order valence-electron chi connectivity index (χ0n) is 7.56. The second-order valence-electron chi connectivity index (χ2n) is 3.63. The van der Waals surface area contributed by atoms with Crippen molar-refractivity contribution in [2.45, 2.75) is 33.2 Å². The van der Waals surface area contributed by atoms with E-state index >= 15 is 0 Å². The predicted molar refractivity (Wildman–Crippen MR) is 45.8 cm³/mol. The lowest BCUT2D eigenvalue weighted by Gasteiger charge is -2.19. The number of rotatable bonds is 1. The van der Waals surface area contributed by atoms with Gasteiger partial charge < -0.3 is 11.1 Å². The van der Waals surface area contributed by atoms with Crippen molar-refractivity contribution in [3.63, 3.8) is 0 Å². The molecule has 0 aliphatic carbocycles. The number of amides is 1. The van der Waals surface area contributed by atoms with Gasteiger partial charge in [-0.3, -0.25) is 4.79 Å². The number of nitrogens with one attached hydrogen (secondary N) is 1. The highest BCUT2D eigenvalue weighted by Crippen LogP contribution is 1.98. The third-order valence-electron chi connectivity index (χ3n) is 0.857. The average Bonchev–Trinajstić information content (AvgIpc) is 1.53. The van der Waals surface area contributed by atoms with Crippen molar-refractivity contribution < 1.29 is 4.79 Å². The van der Waals surface area contributed by atoms with E-state index in [1.165, 1.54) is 6.08 Å². The maximum absolute atomic E-state index is 11.0. The van der Waals surface area contributed by atoms with Gasteiger partial charge in [0.2, 0.25) is 5.91 Å². The third kappa shape index (κ3) is 6.90. The molecule has 0 aromatic rings. The van der Waals surface area contributed by atoms with Crippen LogP contribution in [0.15, 0.2) is 11.8 Å². The minimum atomic E-state index is -0.191. The first-order valence-corrected chi connectivity index (χ1v) is 3.57. The molecule has 0 atom stereocenters. The second-order valence-corrected chi connectivity index (χ2v) is 3.63. The third-order valence-corrected chi connectivity index (χ3v) is 0.857. The first-order chi connectivity index (χ1) is 4.81. The van der Waals surface area contributed by atoms with Gasteiger partial charge in [0.15, 0.2) is 0 Å². The molecule has 0 bridgehead atoms. The molecule has 0 heterocycles. The Balaban J connectivity index is 4.00. The normalized spacial score (nSPS) is 12.9. The summed E-state index contributed by atoms with van der Waals surface area (Å²) in [5, 5.41) is 2.76. The Morgan fingerprint density at radius 3 is 2.18 bits per heavy atom. The average molecular weight is 156 g/mol. The molecule has 0 unspecified atom stereocenters. The van der Waals surface area contributed by atoms with Gasteiger partial charge in [-0.1, -0.05) is 0 Å². The molecule has 0 spiro atoms. The van der Waals surface area contributed by atoms with Crippen molar-refractivity contribution in [3.05, 3.63) is 11.8 Å². The van der Waals surface area contributed by atoms with Crippen LogP contribution in [0.1, 0.15) is 27.7 Å². The molecule has 0 fully saturated rings. The Labute approximate surface area is 67.7 Å². The van der Waals surface area contributed by atoms with Gasteiger partial charge in [-0.05, 0) is 27.7 Å². The Hall–Kier alpha value is -0.990. The summed E-state index contributed by atoms with van der Waals surface area (Å²) in [4.78, 5) is 11.0. The topological polar surface area (TPSA) is 55.1 Å². The summed E-state index contributed by atoms with van der Waals surface area (Å²) in [5.74, 6) is -0.141. The zero-order valence-corrected chi connectivity index (χ0v) is 7.56. The highest BCUT2D eigenvalue weighted by Gasteiger charge is 2.11. The van der Waals surface area contributed by atoms with E-state index in [2.05, 4.69) is 5.32 Å².